The van der Waals surface area contributed by atoms with Gasteiger partial charge in [-0.3, -0.25) is 0 Å². The van der Waals surface area contributed by atoms with E-state index in [2.05, 4.69) is 4.65 Å². The molecule has 9 heteroatoms. The highest BCUT2D eigenvalue weighted by Gasteiger charge is 2.35. The number of aromatic carboxylic acids is 1. The van der Waals surface area contributed by atoms with E-state index in [1.807, 2.05) is 0 Å². The minimum atomic E-state index is -3.44. The number of benzene rings is 1. The molecule has 92 valence electrons. The van der Waals surface area contributed by atoms with Gasteiger partial charge < -0.3 is 24.5 Å². The van der Waals surface area contributed by atoms with Gasteiger partial charge in [-0.2, -0.15) is 0 Å². The van der Waals surface area contributed by atoms with Gasteiger partial charge in [-0.05, 0) is 0 Å². The molecular formula is C8H6BF2O6-. The molecule has 17 heavy (non-hydrogen) atoms. The molecule has 0 aromatic heterocycles. The summed E-state index contributed by atoms with van der Waals surface area (Å²) < 4.78 is 35.5. The molecule has 6 nitrogen and oxygen atoms in total. The van der Waals surface area contributed by atoms with E-state index in [0.717, 1.165) is 0 Å². The summed E-state index contributed by atoms with van der Waals surface area (Å²) in [5.74, 6) is -6.04. The quantitative estimate of drug-likeness (QED) is 0.599. The maximum absolute atomic E-state index is 13.2. The highest BCUT2D eigenvalue weighted by molar-refractivity contribution is 6.58. The van der Waals surface area contributed by atoms with Gasteiger partial charge in [0.25, 0.3) is 0 Å². The minimum Gasteiger partial charge on any atom is -0.665 e. The van der Waals surface area contributed by atoms with Crippen LogP contribution in [-0.2, 0) is 0 Å². The number of rotatable bonds is 1. The normalized spacial score (nSPS) is 16.7. The first-order valence-corrected chi connectivity index (χ1v) is 4.49. The predicted octanol–water partition coefficient (Wildman–Crippen LogP) is -0.103. The Morgan fingerprint density at radius 3 is 2.65 bits per heavy atom. The van der Waals surface area contributed by atoms with Gasteiger partial charge in [-0.1, -0.05) is 0 Å². The molecule has 2 rings (SSSR count). The molecule has 0 bridgehead atoms. The van der Waals surface area contributed by atoms with Gasteiger partial charge in [0.15, 0.2) is 17.4 Å². The van der Waals surface area contributed by atoms with Crippen molar-refractivity contribution in [2.75, 3.05) is 6.51 Å². The molecule has 0 amide bonds. The van der Waals surface area contributed by atoms with Gasteiger partial charge in [-0.25, -0.2) is 13.6 Å². The van der Waals surface area contributed by atoms with Crippen molar-refractivity contribution in [1.29, 1.82) is 0 Å². The summed E-state index contributed by atoms with van der Waals surface area (Å²) in [4.78, 5) is 10.8. The third kappa shape index (κ3) is 1.90. The second kappa shape index (κ2) is 3.57. The van der Waals surface area contributed by atoms with Crippen LogP contribution >= 0.6 is 0 Å². The number of carboxylic acid groups (broad SMARTS) is 1. The zero-order valence-corrected chi connectivity index (χ0v) is 8.18. The smallest absolute Gasteiger partial charge is 0.467 e. The fraction of sp³-hybridized carbons (Fsp3) is 0.125. The van der Waals surface area contributed by atoms with Crippen LogP contribution in [0.4, 0.5) is 8.78 Å². The monoisotopic (exact) mass is 247 g/mol. The Kier molecular flexibility index (Phi) is 2.44. The van der Waals surface area contributed by atoms with Gasteiger partial charge >= 0.3 is 12.7 Å². The Morgan fingerprint density at radius 2 is 2.06 bits per heavy atom. The van der Waals surface area contributed by atoms with Gasteiger partial charge in [0.2, 0.25) is 0 Å². The van der Waals surface area contributed by atoms with E-state index in [-0.39, 0.29) is 0 Å². The Morgan fingerprint density at radius 1 is 1.41 bits per heavy atom. The van der Waals surface area contributed by atoms with Crippen molar-refractivity contribution in [3.8, 4) is 11.5 Å². The summed E-state index contributed by atoms with van der Waals surface area (Å²) in [5.41, 5.74) is -1.14. The van der Waals surface area contributed by atoms with Gasteiger partial charge in [-0.15, -0.1) is 0 Å². The third-order valence-electron chi connectivity index (χ3n) is 2.11. The molecule has 0 unspecified atom stereocenters. The second-order valence-corrected chi connectivity index (χ2v) is 3.47. The second-order valence-electron chi connectivity index (χ2n) is 3.47. The lowest BCUT2D eigenvalue weighted by molar-refractivity contribution is 0.0683. The van der Waals surface area contributed by atoms with Gasteiger partial charge in [0, 0.05) is 6.07 Å². The van der Waals surface area contributed by atoms with E-state index in [1.165, 1.54) is 0 Å². The highest BCUT2D eigenvalue weighted by atomic mass is 19.2. The Labute approximate surface area is 93.0 Å². The lowest BCUT2D eigenvalue weighted by Gasteiger charge is -2.36. The Hall–Kier alpha value is -1.87. The molecule has 0 spiro atoms. The lowest BCUT2D eigenvalue weighted by Crippen LogP contribution is -2.51. The maximum Gasteiger partial charge on any atom is 0.467 e. The zero-order valence-electron chi connectivity index (χ0n) is 8.18. The average Bonchev–Trinajstić information content (AvgIpc) is 2.19. The minimum absolute atomic E-state index is 0.401. The summed E-state index contributed by atoms with van der Waals surface area (Å²) >= 11 is 0. The molecule has 1 heterocycles. The Bertz CT molecular complexity index is 503. The Balaban J connectivity index is 2.66. The molecule has 0 aliphatic carbocycles. The summed E-state index contributed by atoms with van der Waals surface area (Å²) in [6.07, 6.45) is 0. The van der Waals surface area contributed by atoms with E-state index < -0.39 is 47.9 Å². The molecule has 0 radical (unpaired) electrons. The lowest BCUT2D eigenvalue weighted by atomic mass is 9.80. The molecule has 1 aliphatic rings. The van der Waals surface area contributed by atoms with Gasteiger partial charge in [0.05, 0.1) is 6.51 Å². The van der Waals surface area contributed by atoms with Crippen LogP contribution in [0.3, 0.4) is 0 Å². The molecule has 3 N–H and O–H groups in total. The van der Waals surface area contributed by atoms with Crippen LogP contribution < -0.4 is 9.39 Å². The van der Waals surface area contributed by atoms with Crippen LogP contribution in [0.15, 0.2) is 6.07 Å². The first-order chi connectivity index (χ1) is 7.82. The van der Waals surface area contributed by atoms with Crippen LogP contribution in [0.1, 0.15) is 10.4 Å². The van der Waals surface area contributed by atoms with E-state index in [4.69, 9.17) is 19.9 Å². The molecular weight excluding hydrogens is 241 g/mol. The SMILES string of the molecule is O=C(O)c1c(F)c(F)cc2c1O[B-](O)(O)CO2. The van der Waals surface area contributed by atoms with Crippen molar-refractivity contribution in [2.24, 2.45) is 0 Å². The van der Waals surface area contributed by atoms with Crippen LogP contribution in [0.5, 0.6) is 11.5 Å². The van der Waals surface area contributed by atoms with Crippen molar-refractivity contribution in [3.63, 3.8) is 0 Å². The van der Waals surface area contributed by atoms with Crippen LogP contribution in [0.25, 0.3) is 0 Å². The average molecular weight is 247 g/mol. The van der Waals surface area contributed by atoms with E-state index in [0.29, 0.717) is 6.07 Å². The number of hydrogen-bond acceptors (Lipinski definition) is 5. The number of carbonyl (C=O) groups is 1. The van der Waals surface area contributed by atoms with Crippen molar-refractivity contribution in [1.82, 2.24) is 0 Å². The molecule has 0 fully saturated rings. The van der Waals surface area contributed by atoms with Crippen molar-refractivity contribution in [2.45, 2.75) is 0 Å². The van der Waals surface area contributed by atoms with Crippen molar-refractivity contribution < 1.29 is 38.1 Å². The molecule has 1 aliphatic heterocycles. The molecule has 1 aromatic carbocycles. The molecule has 0 saturated carbocycles. The summed E-state index contributed by atoms with van der Waals surface area (Å²) in [7, 11) is 0. The predicted molar refractivity (Wildman–Crippen MR) is 49.6 cm³/mol. The molecule has 0 saturated heterocycles. The summed E-state index contributed by atoms with van der Waals surface area (Å²) in [6.45, 7) is -4.14. The van der Waals surface area contributed by atoms with Gasteiger partial charge in [0.1, 0.15) is 11.3 Å². The fourth-order valence-corrected chi connectivity index (χ4v) is 1.42. The number of carboxylic acids is 1. The standard InChI is InChI=1S/C8H6BF2O6/c10-3-1-4-7(5(6(3)11)8(12)13)17-9(14,15)2-16-4/h1,14-15H,2H2,(H,12,13)/q-1. The van der Waals surface area contributed by atoms with Crippen LogP contribution in [0.2, 0.25) is 0 Å². The summed E-state index contributed by atoms with van der Waals surface area (Å²) in [5, 5.41) is 27.0. The third-order valence-corrected chi connectivity index (χ3v) is 2.11. The first kappa shape index (κ1) is 11.6. The zero-order chi connectivity index (χ0) is 12.8. The van der Waals surface area contributed by atoms with Crippen LogP contribution in [-0.4, -0.2) is 34.4 Å². The number of fused-ring (bicyclic) bond motifs is 1. The van der Waals surface area contributed by atoms with Crippen LogP contribution in [0, 0.1) is 11.6 Å². The van der Waals surface area contributed by atoms with E-state index in [9.17, 15) is 13.6 Å². The molecule has 0 atom stereocenters. The number of hydrogen-bond donors (Lipinski definition) is 3. The number of halogens is 2. The topological polar surface area (TPSA) is 96.2 Å². The first-order valence-electron chi connectivity index (χ1n) is 4.49. The van der Waals surface area contributed by atoms with E-state index in [1.54, 1.807) is 0 Å². The van der Waals surface area contributed by atoms with Crippen molar-refractivity contribution in [3.05, 3.63) is 23.3 Å². The highest BCUT2D eigenvalue weighted by Crippen LogP contribution is 2.38. The fourth-order valence-electron chi connectivity index (χ4n) is 1.42. The molecule has 1 aromatic rings. The van der Waals surface area contributed by atoms with E-state index >= 15 is 0 Å². The largest absolute Gasteiger partial charge is 0.665 e. The van der Waals surface area contributed by atoms with Crippen molar-refractivity contribution >= 4 is 12.7 Å². The summed E-state index contributed by atoms with van der Waals surface area (Å²) in [6, 6.07) is 0.572. The number of ether oxygens (including phenoxy) is 1. The maximum atomic E-state index is 13.2.